The van der Waals surface area contributed by atoms with Gasteiger partial charge >= 0.3 is 0 Å². The van der Waals surface area contributed by atoms with Crippen molar-refractivity contribution < 1.29 is 9.53 Å². The van der Waals surface area contributed by atoms with Crippen LogP contribution in [0.15, 0.2) is 0 Å². The Balaban J connectivity index is 1.90. The molecular formula is C12H19N3O2. The fourth-order valence-corrected chi connectivity index (χ4v) is 2.27. The zero-order chi connectivity index (χ0) is 12.3. The van der Waals surface area contributed by atoms with Crippen molar-refractivity contribution in [3.63, 3.8) is 0 Å². The molecule has 0 aromatic carbocycles. The van der Waals surface area contributed by atoms with E-state index in [1.165, 1.54) is 0 Å². The molecule has 5 nitrogen and oxygen atoms in total. The Bertz CT molecular complexity index is 400. The molecule has 2 N–H and O–H groups in total. The van der Waals surface area contributed by atoms with E-state index in [4.69, 9.17) is 4.74 Å². The van der Waals surface area contributed by atoms with E-state index < -0.39 is 0 Å². The summed E-state index contributed by atoms with van der Waals surface area (Å²) in [6, 6.07) is 0. The Labute approximate surface area is 101 Å². The monoisotopic (exact) mass is 237 g/mol. The highest BCUT2D eigenvalue weighted by Gasteiger charge is 2.26. The Morgan fingerprint density at radius 3 is 3.24 bits per heavy atom. The van der Waals surface area contributed by atoms with Crippen LogP contribution >= 0.6 is 0 Å². The predicted octanol–water partition coefficient (Wildman–Crippen LogP) is 0.586. The molecule has 1 heterocycles. The van der Waals surface area contributed by atoms with Gasteiger partial charge in [-0.1, -0.05) is 0 Å². The van der Waals surface area contributed by atoms with Gasteiger partial charge in [-0.05, 0) is 19.8 Å². The van der Waals surface area contributed by atoms with Gasteiger partial charge in [0.05, 0.1) is 12.3 Å². The van der Waals surface area contributed by atoms with Gasteiger partial charge in [-0.2, -0.15) is 0 Å². The van der Waals surface area contributed by atoms with Crippen LogP contribution in [0.25, 0.3) is 0 Å². The van der Waals surface area contributed by atoms with E-state index in [1.807, 2.05) is 6.92 Å². The van der Waals surface area contributed by atoms with Crippen molar-refractivity contribution in [1.29, 1.82) is 0 Å². The summed E-state index contributed by atoms with van der Waals surface area (Å²) in [7, 11) is 1.63. The van der Waals surface area contributed by atoms with Crippen LogP contribution in [0.5, 0.6) is 0 Å². The van der Waals surface area contributed by atoms with Gasteiger partial charge in [0.25, 0.3) is 0 Å². The summed E-state index contributed by atoms with van der Waals surface area (Å²) in [5, 5.41) is 2.89. The van der Waals surface area contributed by atoms with Gasteiger partial charge in [0.1, 0.15) is 5.82 Å². The molecule has 94 valence electrons. The number of carbonyl (C=O) groups is 1. The molecule has 0 fully saturated rings. The van der Waals surface area contributed by atoms with Crippen LogP contribution in [0.3, 0.4) is 0 Å². The van der Waals surface area contributed by atoms with Crippen LogP contribution in [0.4, 0.5) is 0 Å². The third-order valence-corrected chi connectivity index (χ3v) is 3.14. The number of nitrogens with zero attached hydrogens (tertiary/aromatic N) is 1. The van der Waals surface area contributed by atoms with E-state index >= 15 is 0 Å². The number of aromatic amines is 1. The van der Waals surface area contributed by atoms with Crippen LogP contribution < -0.4 is 5.32 Å². The van der Waals surface area contributed by atoms with Crippen molar-refractivity contribution in [1.82, 2.24) is 15.3 Å². The number of hydrogen-bond donors (Lipinski definition) is 2. The number of aryl methyl sites for hydroxylation is 2. The molecule has 5 heteroatoms. The molecule has 1 unspecified atom stereocenters. The van der Waals surface area contributed by atoms with E-state index in [1.54, 1.807) is 7.11 Å². The molecule has 1 aliphatic rings. The standard InChI is InChI=1S/C12H19N3O2/c1-8-14-10-4-3-9(7-11(10)15-8)12(16)13-5-6-17-2/h9H,3-7H2,1-2H3,(H,13,16)(H,14,15). The first-order valence-corrected chi connectivity index (χ1v) is 6.01. The van der Waals surface area contributed by atoms with E-state index in [2.05, 4.69) is 15.3 Å². The fraction of sp³-hybridized carbons (Fsp3) is 0.667. The van der Waals surface area contributed by atoms with Gasteiger partial charge in [0, 0.05) is 31.7 Å². The number of nitrogens with one attached hydrogen (secondary N) is 2. The third kappa shape index (κ3) is 2.85. The molecule has 0 saturated heterocycles. The van der Waals surface area contributed by atoms with Gasteiger partial charge < -0.3 is 15.0 Å². The van der Waals surface area contributed by atoms with Crippen molar-refractivity contribution in [2.45, 2.75) is 26.2 Å². The maximum absolute atomic E-state index is 11.9. The van der Waals surface area contributed by atoms with Gasteiger partial charge in [-0.3, -0.25) is 4.79 Å². The number of amides is 1. The zero-order valence-corrected chi connectivity index (χ0v) is 10.4. The second kappa shape index (κ2) is 5.31. The molecule has 0 aliphatic heterocycles. The summed E-state index contributed by atoms with van der Waals surface area (Å²) in [5.74, 6) is 1.13. The van der Waals surface area contributed by atoms with Gasteiger partial charge in [0.15, 0.2) is 0 Å². The molecule has 1 atom stereocenters. The smallest absolute Gasteiger partial charge is 0.223 e. The number of aromatic nitrogens is 2. The topological polar surface area (TPSA) is 67.0 Å². The first-order chi connectivity index (χ1) is 8.20. The number of ether oxygens (including phenoxy) is 1. The minimum atomic E-state index is 0.0687. The highest BCUT2D eigenvalue weighted by Crippen LogP contribution is 2.23. The molecule has 1 aromatic heterocycles. The number of carbonyl (C=O) groups excluding carboxylic acids is 1. The molecule has 1 aromatic rings. The Morgan fingerprint density at radius 1 is 1.65 bits per heavy atom. The molecule has 0 radical (unpaired) electrons. The molecule has 1 amide bonds. The quantitative estimate of drug-likeness (QED) is 0.753. The third-order valence-electron chi connectivity index (χ3n) is 3.14. The lowest BCUT2D eigenvalue weighted by Gasteiger charge is -2.20. The largest absolute Gasteiger partial charge is 0.383 e. The first kappa shape index (κ1) is 12.1. The van der Waals surface area contributed by atoms with Crippen molar-refractivity contribution in [3.8, 4) is 0 Å². The lowest BCUT2D eigenvalue weighted by molar-refractivity contribution is -0.125. The molecule has 1 aliphatic carbocycles. The van der Waals surface area contributed by atoms with Crippen molar-refractivity contribution in [2.75, 3.05) is 20.3 Å². The first-order valence-electron chi connectivity index (χ1n) is 6.01. The van der Waals surface area contributed by atoms with Crippen LogP contribution in [0.2, 0.25) is 0 Å². The molecule has 0 spiro atoms. The SMILES string of the molecule is COCCNC(=O)C1CCc2nc(C)[nH]c2C1. The van der Waals surface area contributed by atoms with E-state index in [-0.39, 0.29) is 11.8 Å². The molecule has 0 bridgehead atoms. The number of methoxy groups -OCH3 is 1. The normalized spacial score (nSPS) is 18.8. The van der Waals surface area contributed by atoms with E-state index in [0.29, 0.717) is 13.2 Å². The van der Waals surface area contributed by atoms with Gasteiger partial charge in [0.2, 0.25) is 5.91 Å². The number of fused-ring (bicyclic) bond motifs is 1. The number of imidazole rings is 1. The second-order valence-electron chi connectivity index (χ2n) is 4.47. The average Bonchev–Trinajstić information content (AvgIpc) is 2.68. The average molecular weight is 237 g/mol. The lowest BCUT2D eigenvalue weighted by atomic mass is 9.89. The van der Waals surface area contributed by atoms with Gasteiger partial charge in [-0.25, -0.2) is 4.98 Å². The van der Waals surface area contributed by atoms with Crippen LogP contribution in [0.1, 0.15) is 23.6 Å². The van der Waals surface area contributed by atoms with Crippen LogP contribution in [-0.2, 0) is 22.4 Å². The highest BCUT2D eigenvalue weighted by molar-refractivity contribution is 5.79. The second-order valence-corrected chi connectivity index (χ2v) is 4.47. The number of H-pyrrole nitrogens is 1. The Kier molecular flexibility index (Phi) is 3.78. The highest BCUT2D eigenvalue weighted by atomic mass is 16.5. The van der Waals surface area contributed by atoms with E-state index in [9.17, 15) is 4.79 Å². The lowest BCUT2D eigenvalue weighted by Crippen LogP contribution is -2.35. The van der Waals surface area contributed by atoms with Crippen molar-refractivity contribution in [2.24, 2.45) is 5.92 Å². The number of hydrogen-bond acceptors (Lipinski definition) is 3. The molecule has 0 saturated carbocycles. The van der Waals surface area contributed by atoms with Crippen molar-refractivity contribution in [3.05, 3.63) is 17.2 Å². The predicted molar refractivity (Wildman–Crippen MR) is 63.7 cm³/mol. The summed E-state index contributed by atoms with van der Waals surface area (Å²) in [6.07, 6.45) is 2.55. The molecule has 17 heavy (non-hydrogen) atoms. The fourth-order valence-electron chi connectivity index (χ4n) is 2.27. The summed E-state index contributed by atoms with van der Waals surface area (Å²) < 4.78 is 4.91. The summed E-state index contributed by atoms with van der Waals surface area (Å²) in [4.78, 5) is 19.5. The minimum absolute atomic E-state index is 0.0687. The van der Waals surface area contributed by atoms with E-state index in [0.717, 1.165) is 36.5 Å². The van der Waals surface area contributed by atoms with Crippen LogP contribution in [-0.4, -0.2) is 36.1 Å². The Hall–Kier alpha value is -1.36. The summed E-state index contributed by atoms with van der Waals surface area (Å²) >= 11 is 0. The zero-order valence-electron chi connectivity index (χ0n) is 10.4. The van der Waals surface area contributed by atoms with Gasteiger partial charge in [-0.15, -0.1) is 0 Å². The summed E-state index contributed by atoms with van der Waals surface area (Å²) in [6.45, 7) is 3.10. The number of rotatable bonds is 4. The Morgan fingerprint density at radius 2 is 2.47 bits per heavy atom. The maximum atomic E-state index is 11.9. The maximum Gasteiger partial charge on any atom is 0.223 e. The molecule has 2 rings (SSSR count). The van der Waals surface area contributed by atoms with Crippen molar-refractivity contribution >= 4 is 5.91 Å². The van der Waals surface area contributed by atoms with Crippen LogP contribution in [0, 0.1) is 12.8 Å². The minimum Gasteiger partial charge on any atom is -0.383 e. The molecular weight excluding hydrogens is 218 g/mol. The summed E-state index contributed by atoms with van der Waals surface area (Å²) in [5.41, 5.74) is 2.25.